The van der Waals surface area contributed by atoms with Gasteiger partial charge in [-0.25, -0.2) is 0 Å². The first-order valence-electron chi connectivity index (χ1n) is 5.25. The normalized spacial score (nSPS) is 9.94. The molecule has 1 aromatic rings. The number of aliphatic hydroxyl groups excluding tert-OH is 1. The van der Waals surface area contributed by atoms with Gasteiger partial charge in [-0.3, -0.25) is 4.79 Å². The smallest absolute Gasteiger partial charge is 0.254 e. The van der Waals surface area contributed by atoms with Crippen molar-refractivity contribution in [2.24, 2.45) is 0 Å². The highest BCUT2D eigenvalue weighted by molar-refractivity contribution is 5.96. The fourth-order valence-electron chi connectivity index (χ4n) is 1.53. The molecule has 0 aromatic heterocycles. The summed E-state index contributed by atoms with van der Waals surface area (Å²) < 4.78 is 0. The Morgan fingerprint density at radius 3 is 2.41 bits per heavy atom. The molecule has 1 aromatic carbocycles. The first-order chi connectivity index (χ1) is 8.08. The van der Waals surface area contributed by atoms with Gasteiger partial charge in [-0.15, -0.1) is 6.58 Å². The lowest BCUT2D eigenvalue weighted by Gasteiger charge is -2.20. The standard InChI is InChI=1S/C12H17N3O2/c1-2-3-15(4-5-16)12(17)9-6-10(13)8-11(14)7-9/h2,6-8,16H,1,3-5,13-14H2. The molecule has 0 spiro atoms. The number of aliphatic hydroxyl groups is 1. The molecule has 0 unspecified atom stereocenters. The minimum Gasteiger partial charge on any atom is -0.399 e. The number of anilines is 2. The number of nitrogens with zero attached hydrogens (tertiary/aromatic N) is 1. The van der Waals surface area contributed by atoms with Gasteiger partial charge >= 0.3 is 0 Å². The van der Waals surface area contributed by atoms with Crippen molar-refractivity contribution in [3.05, 3.63) is 36.4 Å². The number of benzene rings is 1. The van der Waals surface area contributed by atoms with E-state index >= 15 is 0 Å². The molecular formula is C12H17N3O2. The maximum Gasteiger partial charge on any atom is 0.254 e. The van der Waals surface area contributed by atoms with Crippen LogP contribution in [0.5, 0.6) is 0 Å². The third kappa shape index (κ3) is 3.49. The highest BCUT2D eigenvalue weighted by Crippen LogP contribution is 2.15. The second-order valence-electron chi connectivity index (χ2n) is 3.65. The number of rotatable bonds is 5. The monoisotopic (exact) mass is 235 g/mol. The molecule has 0 atom stereocenters. The van der Waals surface area contributed by atoms with Crippen LogP contribution in [0.15, 0.2) is 30.9 Å². The Morgan fingerprint density at radius 2 is 1.94 bits per heavy atom. The van der Waals surface area contributed by atoms with Gasteiger partial charge in [0.1, 0.15) is 0 Å². The Balaban J connectivity index is 2.95. The SMILES string of the molecule is C=CCN(CCO)C(=O)c1cc(N)cc(N)c1. The predicted octanol–water partition coefficient (Wildman–Crippen LogP) is 0.472. The van der Waals surface area contributed by atoms with Crippen LogP contribution >= 0.6 is 0 Å². The van der Waals surface area contributed by atoms with E-state index in [1.165, 1.54) is 4.90 Å². The van der Waals surface area contributed by atoms with E-state index in [0.29, 0.717) is 23.5 Å². The van der Waals surface area contributed by atoms with E-state index in [1.807, 2.05) is 0 Å². The molecule has 1 rings (SSSR count). The van der Waals surface area contributed by atoms with Crippen LogP contribution in [-0.4, -0.2) is 35.6 Å². The van der Waals surface area contributed by atoms with E-state index in [4.69, 9.17) is 16.6 Å². The van der Waals surface area contributed by atoms with Gasteiger partial charge in [-0.2, -0.15) is 0 Å². The zero-order valence-corrected chi connectivity index (χ0v) is 9.60. The second-order valence-corrected chi connectivity index (χ2v) is 3.65. The van der Waals surface area contributed by atoms with E-state index in [0.717, 1.165) is 0 Å². The second kappa shape index (κ2) is 5.91. The molecule has 1 amide bonds. The molecule has 0 aliphatic heterocycles. The fourth-order valence-corrected chi connectivity index (χ4v) is 1.53. The summed E-state index contributed by atoms with van der Waals surface area (Å²) in [4.78, 5) is 13.6. The van der Waals surface area contributed by atoms with E-state index in [2.05, 4.69) is 6.58 Å². The van der Waals surface area contributed by atoms with Crippen molar-refractivity contribution >= 4 is 17.3 Å². The van der Waals surface area contributed by atoms with Gasteiger partial charge in [0.05, 0.1) is 6.61 Å². The maximum atomic E-state index is 12.1. The third-order valence-corrected chi connectivity index (χ3v) is 2.23. The third-order valence-electron chi connectivity index (χ3n) is 2.23. The minimum atomic E-state index is -0.224. The van der Waals surface area contributed by atoms with Gasteiger partial charge in [0.25, 0.3) is 5.91 Å². The van der Waals surface area contributed by atoms with Gasteiger partial charge in [0, 0.05) is 30.0 Å². The number of carbonyl (C=O) groups excluding carboxylic acids is 1. The first-order valence-corrected chi connectivity index (χ1v) is 5.25. The van der Waals surface area contributed by atoms with E-state index < -0.39 is 0 Å². The van der Waals surface area contributed by atoms with Gasteiger partial charge in [0.15, 0.2) is 0 Å². The molecule has 92 valence electrons. The first kappa shape index (κ1) is 13.1. The van der Waals surface area contributed by atoms with Crippen molar-refractivity contribution in [1.29, 1.82) is 0 Å². The molecule has 5 N–H and O–H groups in total. The van der Waals surface area contributed by atoms with Crippen LogP contribution in [0.1, 0.15) is 10.4 Å². The summed E-state index contributed by atoms with van der Waals surface area (Å²) in [5.74, 6) is -0.224. The molecule has 5 heteroatoms. The van der Waals surface area contributed by atoms with Crippen molar-refractivity contribution in [2.75, 3.05) is 31.2 Å². The lowest BCUT2D eigenvalue weighted by molar-refractivity contribution is 0.0743. The number of hydrogen-bond acceptors (Lipinski definition) is 4. The van der Waals surface area contributed by atoms with Crippen molar-refractivity contribution in [2.45, 2.75) is 0 Å². The molecule has 0 saturated heterocycles. The molecule has 0 aliphatic rings. The summed E-state index contributed by atoms with van der Waals surface area (Å²) in [5, 5.41) is 8.89. The molecule has 0 heterocycles. The highest BCUT2D eigenvalue weighted by atomic mass is 16.3. The molecule has 0 saturated carbocycles. The fraction of sp³-hybridized carbons (Fsp3) is 0.250. The Bertz CT molecular complexity index is 398. The molecule has 0 radical (unpaired) electrons. The van der Waals surface area contributed by atoms with Crippen molar-refractivity contribution in [3.63, 3.8) is 0 Å². The lowest BCUT2D eigenvalue weighted by Crippen LogP contribution is -2.33. The van der Waals surface area contributed by atoms with Crippen LogP contribution in [-0.2, 0) is 0 Å². The summed E-state index contributed by atoms with van der Waals surface area (Å²) in [6.07, 6.45) is 1.60. The lowest BCUT2D eigenvalue weighted by atomic mass is 10.1. The average Bonchev–Trinajstić information content (AvgIpc) is 2.26. The molecule has 5 nitrogen and oxygen atoms in total. The van der Waals surface area contributed by atoms with Crippen LogP contribution in [0.3, 0.4) is 0 Å². The highest BCUT2D eigenvalue weighted by Gasteiger charge is 2.14. The number of amides is 1. The summed E-state index contributed by atoms with van der Waals surface area (Å²) >= 11 is 0. The summed E-state index contributed by atoms with van der Waals surface area (Å²) in [5.41, 5.74) is 12.5. The van der Waals surface area contributed by atoms with E-state index in [1.54, 1.807) is 24.3 Å². The van der Waals surface area contributed by atoms with Gasteiger partial charge in [-0.05, 0) is 18.2 Å². The van der Waals surface area contributed by atoms with Gasteiger partial charge in [0.2, 0.25) is 0 Å². The zero-order chi connectivity index (χ0) is 12.8. The summed E-state index contributed by atoms with van der Waals surface area (Å²) in [7, 11) is 0. The Labute approximate surface area is 100 Å². The quantitative estimate of drug-likeness (QED) is 0.511. The number of nitrogen functional groups attached to an aromatic ring is 2. The molecule has 17 heavy (non-hydrogen) atoms. The molecule has 0 fully saturated rings. The van der Waals surface area contributed by atoms with Crippen LogP contribution in [0.2, 0.25) is 0 Å². The van der Waals surface area contributed by atoms with Crippen LogP contribution in [0.25, 0.3) is 0 Å². The summed E-state index contributed by atoms with van der Waals surface area (Å²) in [6, 6.07) is 4.71. The minimum absolute atomic E-state index is 0.0998. The Hall–Kier alpha value is -2.01. The van der Waals surface area contributed by atoms with Crippen molar-refractivity contribution in [3.8, 4) is 0 Å². The van der Waals surface area contributed by atoms with E-state index in [-0.39, 0.29) is 19.1 Å². The predicted molar refractivity (Wildman–Crippen MR) is 68.5 cm³/mol. The Morgan fingerprint density at radius 1 is 1.35 bits per heavy atom. The molecule has 0 bridgehead atoms. The van der Waals surface area contributed by atoms with Gasteiger partial charge < -0.3 is 21.5 Å². The largest absolute Gasteiger partial charge is 0.399 e. The van der Waals surface area contributed by atoms with Crippen molar-refractivity contribution in [1.82, 2.24) is 4.90 Å². The number of hydrogen-bond donors (Lipinski definition) is 3. The summed E-state index contributed by atoms with van der Waals surface area (Å²) in [6.45, 7) is 4.09. The topological polar surface area (TPSA) is 92.6 Å². The zero-order valence-electron chi connectivity index (χ0n) is 9.60. The van der Waals surface area contributed by atoms with Crippen LogP contribution in [0, 0.1) is 0 Å². The van der Waals surface area contributed by atoms with Crippen molar-refractivity contribution < 1.29 is 9.90 Å². The van der Waals surface area contributed by atoms with E-state index in [9.17, 15) is 4.79 Å². The van der Waals surface area contributed by atoms with Gasteiger partial charge in [-0.1, -0.05) is 6.08 Å². The maximum absolute atomic E-state index is 12.1. The van der Waals surface area contributed by atoms with Crippen LogP contribution in [0.4, 0.5) is 11.4 Å². The number of nitrogens with two attached hydrogens (primary N) is 2. The average molecular weight is 235 g/mol. The van der Waals surface area contributed by atoms with Crippen LogP contribution < -0.4 is 11.5 Å². The number of carbonyl (C=O) groups is 1. The molecular weight excluding hydrogens is 218 g/mol. The molecule has 0 aliphatic carbocycles. The Kier molecular flexibility index (Phi) is 4.54.